The zero-order valence-corrected chi connectivity index (χ0v) is 9.86. The van der Waals surface area contributed by atoms with Crippen LogP contribution >= 0.6 is 0 Å². The third-order valence-corrected chi connectivity index (χ3v) is 2.67. The lowest BCUT2D eigenvalue weighted by Crippen LogP contribution is -2.21. The van der Waals surface area contributed by atoms with Crippen molar-refractivity contribution in [2.24, 2.45) is 0 Å². The Balaban J connectivity index is 2.38. The molecule has 88 valence electrons. The molecule has 16 heavy (non-hydrogen) atoms. The number of rotatable bonds is 6. The summed E-state index contributed by atoms with van der Waals surface area (Å²) in [5.74, 6) is -0.731. The number of nitrogens with one attached hydrogen (secondary N) is 1. The Morgan fingerprint density at radius 2 is 2.12 bits per heavy atom. The summed E-state index contributed by atoms with van der Waals surface area (Å²) in [5, 5.41) is 11.8. The summed E-state index contributed by atoms with van der Waals surface area (Å²) in [6.07, 6.45) is 0.902. The van der Waals surface area contributed by atoms with Crippen LogP contribution in [0.15, 0.2) is 24.3 Å². The number of aryl methyl sites for hydroxylation is 1. The number of carbonyl (C=O) groups is 1. The lowest BCUT2D eigenvalue weighted by atomic mass is 10.0. The fourth-order valence-corrected chi connectivity index (χ4v) is 1.74. The van der Waals surface area contributed by atoms with Gasteiger partial charge in [0.25, 0.3) is 0 Å². The number of carboxylic acid groups (broad SMARTS) is 1. The van der Waals surface area contributed by atoms with Crippen LogP contribution in [0.1, 0.15) is 36.9 Å². The monoisotopic (exact) mass is 221 g/mol. The highest BCUT2D eigenvalue weighted by Crippen LogP contribution is 2.16. The van der Waals surface area contributed by atoms with E-state index in [1.165, 1.54) is 11.1 Å². The first-order valence-corrected chi connectivity index (χ1v) is 5.62. The molecule has 0 fully saturated rings. The van der Waals surface area contributed by atoms with E-state index < -0.39 is 5.97 Å². The summed E-state index contributed by atoms with van der Waals surface area (Å²) >= 11 is 0. The molecule has 3 heteroatoms. The summed E-state index contributed by atoms with van der Waals surface area (Å²) in [5.41, 5.74) is 2.54. The zero-order valence-electron chi connectivity index (χ0n) is 9.86. The quantitative estimate of drug-likeness (QED) is 0.726. The van der Waals surface area contributed by atoms with Gasteiger partial charge in [-0.05, 0) is 37.9 Å². The van der Waals surface area contributed by atoms with E-state index in [4.69, 9.17) is 5.11 Å². The highest BCUT2D eigenvalue weighted by Gasteiger charge is 2.06. The largest absolute Gasteiger partial charge is 0.481 e. The molecular weight excluding hydrogens is 202 g/mol. The Kier molecular flexibility index (Phi) is 4.99. The van der Waals surface area contributed by atoms with Gasteiger partial charge in [-0.25, -0.2) is 0 Å². The van der Waals surface area contributed by atoms with Crippen molar-refractivity contribution >= 4 is 5.97 Å². The first-order valence-electron chi connectivity index (χ1n) is 5.62. The Labute approximate surface area is 96.5 Å². The highest BCUT2D eigenvalue weighted by atomic mass is 16.4. The van der Waals surface area contributed by atoms with Gasteiger partial charge >= 0.3 is 5.97 Å². The van der Waals surface area contributed by atoms with Gasteiger partial charge in [-0.3, -0.25) is 4.79 Å². The van der Waals surface area contributed by atoms with Crippen molar-refractivity contribution in [2.75, 3.05) is 6.54 Å². The van der Waals surface area contributed by atoms with Crippen molar-refractivity contribution in [2.45, 2.75) is 32.7 Å². The molecule has 0 unspecified atom stereocenters. The number of hydrogen-bond donors (Lipinski definition) is 2. The molecule has 3 nitrogen and oxygen atoms in total. The molecule has 0 aromatic heterocycles. The predicted molar refractivity (Wildman–Crippen MR) is 64.5 cm³/mol. The molecule has 2 N–H and O–H groups in total. The molecule has 0 saturated carbocycles. The first kappa shape index (κ1) is 12.7. The standard InChI is InChI=1S/C13H19NO2/c1-10-6-3-4-7-12(10)11(2)14-9-5-8-13(15)16/h3-4,6-7,11,14H,5,8-9H2,1-2H3,(H,15,16)/t11-/m0/s1. The minimum absolute atomic E-state index is 0.230. The fraction of sp³-hybridized carbons (Fsp3) is 0.462. The Morgan fingerprint density at radius 1 is 1.44 bits per heavy atom. The predicted octanol–water partition coefficient (Wildman–Crippen LogP) is 2.51. The van der Waals surface area contributed by atoms with Crippen molar-refractivity contribution in [1.29, 1.82) is 0 Å². The Hall–Kier alpha value is -1.35. The number of carboxylic acids is 1. The molecule has 1 aromatic carbocycles. The Morgan fingerprint density at radius 3 is 2.75 bits per heavy atom. The van der Waals surface area contributed by atoms with Gasteiger partial charge in [0.1, 0.15) is 0 Å². The molecule has 0 amide bonds. The van der Waals surface area contributed by atoms with Gasteiger partial charge in [-0.2, -0.15) is 0 Å². The minimum Gasteiger partial charge on any atom is -0.481 e. The summed E-state index contributed by atoms with van der Waals surface area (Å²) in [7, 11) is 0. The second kappa shape index (κ2) is 6.28. The van der Waals surface area contributed by atoms with E-state index in [0.717, 1.165) is 6.54 Å². The molecule has 0 spiro atoms. The van der Waals surface area contributed by atoms with Crippen molar-refractivity contribution in [3.8, 4) is 0 Å². The van der Waals surface area contributed by atoms with Crippen molar-refractivity contribution in [3.63, 3.8) is 0 Å². The van der Waals surface area contributed by atoms with Gasteiger partial charge in [-0.15, -0.1) is 0 Å². The van der Waals surface area contributed by atoms with E-state index >= 15 is 0 Å². The zero-order chi connectivity index (χ0) is 12.0. The molecule has 0 heterocycles. The summed E-state index contributed by atoms with van der Waals surface area (Å²) < 4.78 is 0. The number of aliphatic carboxylic acids is 1. The maximum absolute atomic E-state index is 10.3. The van der Waals surface area contributed by atoms with Gasteiger partial charge in [-0.1, -0.05) is 24.3 Å². The van der Waals surface area contributed by atoms with Gasteiger partial charge < -0.3 is 10.4 Å². The van der Waals surface area contributed by atoms with Crippen LogP contribution < -0.4 is 5.32 Å². The molecule has 0 aliphatic carbocycles. The van der Waals surface area contributed by atoms with Crippen molar-refractivity contribution in [3.05, 3.63) is 35.4 Å². The lowest BCUT2D eigenvalue weighted by Gasteiger charge is -2.16. The second-order valence-electron chi connectivity index (χ2n) is 4.03. The van der Waals surface area contributed by atoms with Gasteiger partial charge in [0.05, 0.1) is 0 Å². The summed E-state index contributed by atoms with van der Waals surface area (Å²) in [4.78, 5) is 10.3. The summed E-state index contributed by atoms with van der Waals surface area (Å²) in [6.45, 7) is 4.93. The van der Waals surface area contributed by atoms with Gasteiger partial charge in [0, 0.05) is 12.5 Å². The second-order valence-corrected chi connectivity index (χ2v) is 4.03. The van der Waals surface area contributed by atoms with Crippen LogP contribution in [0.5, 0.6) is 0 Å². The van der Waals surface area contributed by atoms with E-state index in [1.54, 1.807) is 0 Å². The molecule has 1 atom stereocenters. The topological polar surface area (TPSA) is 49.3 Å². The molecule has 1 aromatic rings. The van der Waals surface area contributed by atoms with E-state index in [1.807, 2.05) is 12.1 Å². The van der Waals surface area contributed by atoms with E-state index in [9.17, 15) is 4.79 Å². The number of hydrogen-bond acceptors (Lipinski definition) is 2. The molecule has 0 bridgehead atoms. The summed E-state index contributed by atoms with van der Waals surface area (Å²) in [6, 6.07) is 8.51. The normalized spacial score (nSPS) is 12.4. The molecule has 0 radical (unpaired) electrons. The van der Waals surface area contributed by atoms with E-state index in [2.05, 4.69) is 31.3 Å². The van der Waals surface area contributed by atoms with Gasteiger partial charge in [0.2, 0.25) is 0 Å². The minimum atomic E-state index is -0.731. The van der Waals surface area contributed by atoms with E-state index in [-0.39, 0.29) is 12.5 Å². The maximum atomic E-state index is 10.3. The molecule has 1 rings (SSSR count). The third-order valence-electron chi connectivity index (χ3n) is 2.67. The van der Waals surface area contributed by atoms with Crippen LogP contribution in [0.25, 0.3) is 0 Å². The van der Waals surface area contributed by atoms with Crippen LogP contribution in [0.3, 0.4) is 0 Å². The highest BCUT2D eigenvalue weighted by molar-refractivity contribution is 5.66. The first-order chi connectivity index (χ1) is 7.61. The van der Waals surface area contributed by atoms with Crippen molar-refractivity contribution in [1.82, 2.24) is 5.32 Å². The fourth-order valence-electron chi connectivity index (χ4n) is 1.74. The average molecular weight is 221 g/mol. The SMILES string of the molecule is Cc1ccccc1[C@H](C)NCCCC(=O)O. The molecule has 0 saturated heterocycles. The average Bonchev–Trinajstić information content (AvgIpc) is 2.24. The molecule has 0 aliphatic rings. The third kappa shape index (κ3) is 4.03. The van der Waals surface area contributed by atoms with Crippen LogP contribution in [-0.2, 0) is 4.79 Å². The van der Waals surface area contributed by atoms with Gasteiger partial charge in [0.15, 0.2) is 0 Å². The van der Waals surface area contributed by atoms with Crippen molar-refractivity contribution < 1.29 is 9.90 Å². The van der Waals surface area contributed by atoms with Crippen LogP contribution in [0.4, 0.5) is 0 Å². The lowest BCUT2D eigenvalue weighted by molar-refractivity contribution is -0.137. The number of benzene rings is 1. The molecule has 0 aliphatic heterocycles. The molecular formula is C13H19NO2. The van der Waals surface area contributed by atoms with E-state index in [0.29, 0.717) is 6.42 Å². The van der Waals surface area contributed by atoms with Crippen LogP contribution in [-0.4, -0.2) is 17.6 Å². The Bertz CT molecular complexity index is 350. The smallest absolute Gasteiger partial charge is 0.303 e. The maximum Gasteiger partial charge on any atom is 0.303 e. The van der Waals surface area contributed by atoms with Crippen LogP contribution in [0.2, 0.25) is 0 Å². The van der Waals surface area contributed by atoms with Crippen LogP contribution in [0, 0.1) is 6.92 Å².